The first-order chi connectivity index (χ1) is 4.00. The lowest BCUT2D eigenvalue weighted by molar-refractivity contribution is 0.491. The highest BCUT2D eigenvalue weighted by molar-refractivity contribution is 5.49. The standard InChI is InChI=1S/C4H3NO.C2H6/c1-2-5-4-6-3-1;1-2/h2-4H;1-2H3. The zero-order chi connectivity index (χ0) is 6.24. The molecule has 0 spiro atoms. The second-order valence-corrected chi connectivity index (χ2v) is 0.804. The van der Waals surface area contributed by atoms with Crippen molar-refractivity contribution in [1.29, 1.82) is 0 Å². The van der Waals surface area contributed by atoms with Crippen molar-refractivity contribution in [3.8, 4) is 0 Å². The molecule has 1 aliphatic heterocycles. The Labute approximate surface area is 49.2 Å². The van der Waals surface area contributed by atoms with Crippen molar-refractivity contribution in [3.63, 3.8) is 0 Å². The Morgan fingerprint density at radius 3 is 2.38 bits per heavy atom. The fraction of sp³-hybridized carbons (Fsp3) is 0.333. The molecular weight excluding hydrogens is 102 g/mol. The number of hydrogen-bond donors (Lipinski definition) is 0. The highest BCUT2D eigenvalue weighted by Gasteiger charge is 1.67. The summed E-state index contributed by atoms with van der Waals surface area (Å²) in [7, 11) is 0. The third-order valence-corrected chi connectivity index (χ3v) is 0.407. The van der Waals surface area contributed by atoms with Crippen LogP contribution in [0.1, 0.15) is 13.8 Å². The van der Waals surface area contributed by atoms with Gasteiger partial charge in [-0.3, -0.25) is 0 Å². The first-order valence-corrected chi connectivity index (χ1v) is 2.57. The summed E-state index contributed by atoms with van der Waals surface area (Å²) >= 11 is 0. The van der Waals surface area contributed by atoms with Crippen LogP contribution < -0.4 is 0 Å². The average molecular weight is 111 g/mol. The molecule has 0 fully saturated rings. The zero-order valence-electron chi connectivity index (χ0n) is 5.09. The molecule has 0 N–H and O–H groups in total. The highest BCUT2D eigenvalue weighted by atomic mass is 16.5. The van der Waals surface area contributed by atoms with Gasteiger partial charge >= 0.3 is 0 Å². The Hall–Kier alpha value is -1.01. The SMILES string of the molecule is C1=CN=COC=1.CC. The maximum absolute atomic E-state index is 4.51. The predicted molar refractivity (Wildman–Crippen MR) is 33.6 cm³/mol. The second-order valence-electron chi connectivity index (χ2n) is 0.804. The Balaban J connectivity index is 0.000000222. The minimum atomic E-state index is 1.34. The van der Waals surface area contributed by atoms with Crippen molar-refractivity contribution in [2.24, 2.45) is 4.99 Å². The second kappa shape index (κ2) is 5.99. The monoisotopic (exact) mass is 111 g/mol. The molecule has 1 heterocycles. The van der Waals surface area contributed by atoms with Crippen LogP contribution in [-0.4, -0.2) is 6.40 Å². The van der Waals surface area contributed by atoms with E-state index in [1.807, 2.05) is 13.8 Å². The van der Waals surface area contributed by atoms with Crippen LogP contribution in [-0.2, 0) is 4.74 Å². The molecule has 2 nitrogen and oxygen atoms in total. The Morgan fingerprint density at radius 2 is 2.25 bits per heavy atom. The fourth-order valence-electron chi connectivity index (χ4n) is 0.209. The first-order valence-electron chi connectivity index (χ1n) is 2.57. The summed E-state index contributed by atoms with van der Waals surface area (Å²) in [6, 6.07) is 0. The molecule has 0 aromatic carbocycles. The molecule has 1 aliphatic rings. The molecule has 2 heteroatoms. The number of rotatable bonds is 0. The van der Waals surface area contributed by atoms with E-state index in [1.54, 1.807) is 0 Å². The smallest absolute Gasteiger partial charge is 0.181 e. The van der Waals surface area contributed by atoms with E-state index in [0.717, 1.165) is 0 Å². The van der Waals surface area contributed by atoms with E-state index < -0.39 is 0 Å². The molecule has 0 aromatic rings. The molecule has 0 radical (unpaired) electrons. The lowest BCUT2D eigenvalue weighted by Crippen LogP contribution is -1.74. The quantitative estimate of drug-likeness (QED) is 0.436. The van der Waals surface area contributed by atoms with E-state index in [0.29, 0.717) is 0 Å². The summed E-state index contributed by atoms with van der Waals surface area (Å²) < 4.78 is 4.51. The van der Waals surface area contributed by atoms with Crippen LogP contribution in [0.4, 0.5) is 0 Å². The van der Waals surface area contributed by atoms with E-state index in [-0.39, 0.29) is 0 Å². The summed E-state index contributed by atoms with van der Waals surface area (Å²) in [5.41, 5.74) is 2.61. The van der Waals surface area contributed by atoms with Gasteiger partial charge in [0.2, 0.25) is 0 Å². The van der Waals surface area contributed by atoms with Crippen LogP contribution in [0, 0.1) is 0 Å². The lowest BCUT2D eigenvalue weighted by Gasteiger charge is -1.83. The van der Waals surface area contributed by atoms with Gasteiger partial charge in [0.25, 0.3) is 0 Å². The normalized spacial score (nSPS) is 11.8. The summed E-state index contributed by atoms with van der Waals surface area (Å²) in [6.45, 7) is 4.00. The average Bonchev–Trinajstić information content (AvgIpc) is 1.96. The van der Waals surface area contributed by atoms with E-state index in [1.165, 1.54) is 18.9 Å². The number of aliphatic imine (C=N–C) groups is 1. The van der Waals surface area contributed by atoms with Crippen LogP contribution in [0.3, 0.4) is 0 Å². The third-order valence-electron chi connectivity index (χ3n) is 0.407. The highest BCUT2D eigenvalue weighted by Crippen LogP contribution is 1.77. The van der Waals surface area contributed by atoms with Gasteiger partial charge in [0.05, 0.1) is 6.20 Å². The summed E-state index contributed by atoms with van der Waals surface area (Å²) in [5, 5.41) is 0. The molecule has 1 rings (SSSR count). The number of ether oxygens (including phenoxy) is 1. The van der Waals surface area contributed by atoms with Crippen molar-refractivity contribution in [1.82, 2.24) is 0 Å². The van der Waals surface area contributed by atoms with Crippen molar-refractivity contribution in [2.45, 2.75) is 13.8 Å². The molecule has 0 saturated heterocycles. The molecule has 0 unspecified atom stereocenters. The zero-order valence-corrected chi connectivity index (χ0v) is 5.09. The van der Waals surface area contributed by atoms with Crippen LogP contribution in [0.15, 0.2) is 23.2 Å². The van der Waals surface area contributed by atoms with E-state index >= 15 is 0 Å². The van der Waals surface area contributed by atoms with Crippen molar-refractivity contribution >= 4 is 6.40 Å². The maximum atomic E-state index is 4.51. The molecule has 0 bridgehead atoms. The van der Waals surface area contributed by atoms with Crippen LogP contribution in [0.2, 0.25) is 0 Å². The van der Waals surface area contributed by atoms with Crippen LogP contribution in [0.25, 0.3) is 0 Å². The van der Waals surface area contributed by atoms with Gasteiger partial charge in [-0.05, 0) is 0 Å². The van der Waals surface area contributed by atoms with Crippen LogP contribution in [0.5, 0.6) is 0 Å². The van der Waals surface area contributed by atoms with Gasteiger partial charge in [-0.15, -0.1) is 0 Å². The molecule has 0 amide bonds. The third kappa shape index (κ3) is 3.19. The van der Waals surface area contributed by atoms with Gasteiger partial charge in [0, 0.05) is 0 Å². The summed E-state index contributed by atoms with van der Waals surface area (Å²) in [4.78, 5) is 3.56. The van der Waals surface area contributed by atoms with Gasteiger partial charge in [0.15, 0.2) is 6.40 Å². The molecule has 44 valence electrons. The van der Waals surface area contributed by atoms with E-state index in [4.69, 9.17) is 0 Å². The van der Waals surface area contributed by atoms with Crippen molar-refractivity contribution in [3.05, 3.63) is 18.2 Å². The van der Waals surface area contributed by atoms with Gasteiger partial charge in [-0.2, -0.15) is 0 Å². The molecule has 0 saturated carbocycles. The van der Waals surface area contributed by atoms with Gasteiger partial charge in [0.1, 0.15) is 6.26 Å². The minimum absolute atomic E-state index is 1.34. The Morgan fingerprint density at radius 1 is 1.50 bits per heavy atom. The summed E-state index contributed by atoms with van der Waals surface area (Å²) in [6.07, 6.45) is 4.31. The molecule has 0 atom stereocenters. The van der Waals surface area contributed by atoms with Crippen LogP contribution >= 0.6 is 0 Å². The Bertz CT molecular complexity index is 120. The topological polar surface area (TPSA) is 21.6 Å². The maximum Gasteiger partial charge on any atom is 0.181 e. The van der Waals surface area contributed by atoms with Gasteiger partial charge < -0.3 is 4.74 Å². The minimum Gasteiger partial charge on any atom is -0.445 e. The summed E-state index contributed by atoms with van der Waals surface area (Å²) in [5.74, 6) is 0. The largest absolute Gasteiger partial charge is 0.445 e. The number of hydrogen-bond acceptors (Lipinski definition) is 2. The van der Waals surface area contributed by atoms with Crippen molar-refractivity contribution in [2.75, 3.05) is 0 Å². The lowest BCUT2D eigenvalue weighted by atomic mass is 10.8. The van der Waals surface area contributed by atoms with Gasteiger partial charge in [-0.25, -0.2) is 4.99 Å². The van der Waals surface area contributed by atoms with E-state index in [9.17, 15) is 0 Å². The molecule has 0 aromatic heterocycles. The molecular formula is C6H9NO. The van der Waals surface area contributed by atoms with Gasteiger partial charge in [-0.1, -0.05) is 19.6 Å². The Kier molecular flexibility index (Phi) is 5.23. The molecule has 0 aliphatic carbocycles. The fourth-order valence-corrected chi connectivity index (χ4v) is 0.209. The predicted octanol–water partition coefficient (Wildman–Crippen LogP) is 1.70. The molecule has 8 heavy (non-hydrogen) atoms. The van der Waals surface area contributed by atoms with E-state index in [2.05, 4.69) is 15.5 Å². The van der Waals surface area contributed by atoms with Crippen molar-refractivity contribution < 1.29 is 4.74 Å². The number of nitrogens with zero attached hydrogens (tertiary/aromatic N) is 1. The first kappa shape index (κ1) is 6.99.